The minimum atomic E-state index is -0.415. The third-order valence-electron chi connectivity index (χ3n) is 2.52. The molecule has 0 radical (unpaired) electrons. The first-order valence-corrected chi connectivity index (χ1v) is 7.00. The molecule has 0 atom stereocenters. The predicted molar refractivity (Wildman–Crippen MR) is 77.2 cm³/mol. The van der Waals surface area contributed by atoms with Crippen LogP contribution in [0.4, 0.5) is 0 Å². The quantitative estimate of drug-likeness (QED) is 0.374. The second kappa shape index (κ2) is 11.7. The summed E-state index contributed by atoms with van der Waals surface area (Å²) >= 11 is 0. The van der Waals surface area contributed by atoms with Crippen LogP contribution in [-0.2, 0) is 19.2 Å². The molecule has 0 bridgehead atoms. The highest BCUT2D eigenvalue weighted by atomic mass is 16.2. The van der Waals surface area contributed by atoms with Gasteiger partial charge in [0.25, 0.3) is 0 Å². The van der Waals surface area contributed by atoms with E-state index in [2.05, 4.69) is 21.3 Å². The highest BCUT2D eigenvalue weighted by molar-refractivity contribution is 5.96. The van der Waals surface area contributed by atoms with Crippen LogP contribution in [0.3, 0.4) is 0 Å². The lowest BCUT2D eigenvalue weighted by Crippen LogP contribution is -2.35. The molecule has 8 nitrogen and oxygen atoms in total. The van der Waals surface area contributed by atoms with E-state index >= 15 is 0 Å². The minimum Gasteiger partial charge on any atom is -0.359 e. The summed E-state index contributed by atoms with van der Waals surface area (Å²) in [4.78, 5) is 44.9. The number of nitrogens with one attached hydrogen (secondary N) is 4. The molecule has 0 aromatic heterocycles. The summed E-state index contributed by atoms with van der Waals surface area (Å²) in [5, 5.41) is 10.1. The van der Waals surface area contributed by atoms with Crippen molar-refractivity contribution in [2.75, 3.05) is 26.7 Å². The molecule has 0 unspecified atom stereocenters. The summed E-state index contributed by atoms with van der Waals surface area (Å²) in [6, 6.07) is 0. The first kappa shape index (κ1) is 18.9. The van der Waals surface area contributed by atoms with Crippen LogP contribution >= 0.6 is 0 Å². The molecule has 0 aliphatic rings. The zero-order valence-electron chi connectivity index (χ0n) is 12.6. The van der Waals surface area contributed by atoms with Gasteiger partial charge in [0, 0.05) is 39.5 Å². The van der Waals surface area contributed by atoms with Gasteiger partial charge in [-0.1, -0.05) is 6.92 Å². The molecule has 0 fully saturated rings. The van der Waals surface area contributed by atoms with Crippen molar-refractivity contribution in [3.05, 3.63) is 0 Å². The second-order valence-electron chi connectivity index (χ2n) is 4.40. The Kier molecular flexibility index (Phi) is 10.5. The molecule has 0 aromatic carbocycles. The summed E-state index contributed by atoms with van der Waals surface area (Å²) in [7, 11) is 1.52. The van der Waals surface area contributed by atoms with Crippen molar-refractivity contribution < 1.29 is 19.2 Å². The average Bonchev–Trinajstić information content (AvgIpc) is 2.44. The number of hydrogen-bond acceptors (Lipinski definition) is 4. The summed E-state index contributed by atoms with van der Waals surface area (Å²) in [5.74, 6) is -1.15. The lowest BCUT2D eigenvalue weighted by Gasteiger charge is -2.07. The van der Waals surface area contributed by atoms with E-state index in [-0.39, 0.29) is 50.1 Å². The molecule has 21 heavy (non-hydrogen) atoms. The lowest BCUT2D eigenvalue weighted by molar-refractivity contribution is -0.129. The molecule has 120 valence electrons. The van der Waals surface area contributed by atoms with Crippen molar-refractivity contribution >= 4 is 23.6 Å². The Morgan fingerprint density at radius 1 is 0.714 bits per heavy atom. The molecule has 4 N–H and O–H groups in total. The average molecular weight is 300 g/mol. The van der Waals surface area contributed by atoms with E-state index < -0.39 is 5.91 Å². The fourth-order valence-corrected chi connectivity index (χ4v) is 1.38. The van der Waals surface area contributed by atoms with Gasteiger partial charge in [-0.25, -0.2) is 0 Å². The number of carbonyl (C=O) groups is 4. The zero-order valence-corrected chi connectivity index (χ0v) is 12.6. The summed E-state index contributed by atoms with van der Waals surface area (Å²) in [6.07, 6.45) is 0.893. The highest BCUT2D eigenvalue weighted by Crippen LogP contribution is 1.84. The normalized spacial score (nSPS) is 9.62. The fraction of sp³-hybridized carbons (Fsp3) is 0.692. The van der Waals surface area contributed by atoms with Gasteiger partial charge >= 0.3 is 0 Å². The maximum atomic E-state index is 11.4. The van der Waals surface area contributed by atoms with E-state index in [1.54, 1.807) is 0 Å². The third-order valence-corrected chi connectivity index (χ3v) is 2.52. The zero-order chi connectivity index (χ0) is 16.1. The van der Waals surface area contributed by atoms with E-state index in [9.17, 15) is 19.2 Å². The van der Waals surface area contributed by atoms with E-state index in [0.717, 1.165) is 6.42 Å². The number of carbonyl (C=O) groups excluding carboxylic acids is 4. The fourth-order valence-electron chi connectivity index (χ4n) is 1.38. The van der Waals surface area contributed by atoms with Gasteiger partial charge in [-0.05, 0) is 6.42 Å². The number of hydrogen-bond donors (Lipinski definition) is 4. The second-order valence-corrected chi connectivity index (χ2v) is 4.40. The van der Waals surface area contributed by atoms with E-state index in [1.165, 1.54) is 7.05 Å². The van der Waals surface area contributed by atoms with Crippen molar-refractivity contribution in [1.29, 1.82) is 0 Å². The van der Waals surface area contributed by atoms with Gasteiger partial charge in [0.15, 0.2) is 0 Å². The van der Waals surface area contributed by atoms with Gasteiger partial charge in [-0.2, -0.15) is 0 Å². The standard InChI is InChI=1S/C13H24N4O4/c1-3-6-15-12(20)9-13(21)17-8-5-11(19)16-7-4-10(18)14-2/h3-9H2,1-2H3,(H,14,18)(H,15,20)(H,16,19)(H,17,21). The molecule has 0 saturated carbocycles. The number of amides is 4. The van der Waals surface area contributed by atoms with Crippen LogP contribution in [0.1, 0.15) is 32.6 Å². The van der Waals surface area contributed by atoms with Crippen molar-refractivity contribution in [2.45, 2.75) is 32.6 Å². The molecule has 0 aliphatic heterocycles. The molecule has 0 rings (SSSR count). The Labute approximate surface area is 124 Å². The molecule has 0 heterocycles. The molecule has 0 saturated heterocycles. The largest absolute Gasteiger partial charge is 0.359 e. The summed E-state index contributed by atoms with van der Waals surface area (Å²) < 4.78 is 0. The maximum absolute atomic E-state index is 11.4. The highest BCUT2D eigenvalue weighted by Gasteiger charge is 2.09. The molecular weight excluding hydrogens is 276 g/mol. The monoisotopic (exact) mass is 300 g/mol. The Morgan fingerprint density at radius 3 is 1.71 bits per heavy atom. The first-order chi connectivity index (χ1) is 9.99. The predicted octanol–water partition coefficient (Wildman–Crippen LogP) is -1.34. The van der Waals surface area contributed by atoms with E-state index in [4.69, 9.17) is 0 Å². The Hall–Kier alpha value is -2.12. The van der Waals surface area contributed by atoms with Crippen molar-refractivity contribution in [3.8, 4) is 0 Å². The third kappa shape index (κ3) is 11.4. The van der Waals surface area contributed by atoms with Crippen LogP contribution < -0.4 is 21.3 Å². The number of rotatable bonds is 10. The van der Waals surface area contributed by atoms with Crippen LogP contribution in [0.5, 0.6) is 0 Å². The van der Waals surface area contributed by atoms with Crippen LogP contribution in [0.2, 0.25) is 0 Å². The SMILES string of the molecule is CCCNC(=O)CC(=O)NCCC(=O)NCCC(=O)NC. The van der Waals surface area contributed by atoms with Gasteiger partial charge in [0.05, 0.1) is 0 Å². The van der Waals surface area contributed by atoms with Crippen LogP contribution in [-0.4, -0.2) is 50.3 Å². The Morgan fingerprint density at radius 2 is 1.19 bits per heavy atom. The van der Waals surface area contributed by atoms with Crippen molar-refractivity contribution in [1.82, 2.24) is 21.3 Å². The molecule has 0 aromatic rings. The van der Waals surface area contributed by atoms with Crippen molar-refractivity contribution in [2.24, 2.45) is 0 Å². The lowest BCUT2D eigenvalue weighted by atomic mass is 10.3. The van der Waals surface area contributed by atoms with Gasteiger partial charge in [0.2, 0.25) is 23.6 Å². The van der Waals surface area contributed by atoms with Gasteiger partial charge in [-0.15, -0.1) is 0 Å². The summed E-state index contributed by atoms with van der Waals surface area (Å²) in [5.41, 5.74) is 0. The van der Waals surface area contributed by atoms with E-state index in [0.29, 0.717) is 6.54 Å². The summed E-state index contributed by atoms with van der Waals surface area (Å²) in [6.45, 7) is 2.88. The Balaban J connectivity index is 3.64. The van der Waals surface area contributed by atoms with Crippen LogP contribution in [0.15, 0.2) is 0 Å². The van der Waals surface area contributed by atoms with Crippen LogP contribution in [0, 0.1) is 0 Å². The van der Waals surface area contributed by atoms with Gasteiger partial charge < -0.3 is 21.3 Å². The van der Waals surface area contributed by atoms with Gasteiger partial charge in [-0.3, -0.25) is 19.2 Å². The van der Waals surface area contributed by atoms with Crippen molar-refractivity contribution in [3.63, 3.8) is 0 Å². The van der Waals surface area contributed by atoms with Crippen LogP contribution in [0.25, 0.3) is 0 Å². The molecule has 0 aliphatic carbocycles. The Bertz CT molecular complexity index is 371. The van der Waals surface area contributed by atoms with Gasteiger partial charge in [0.1, 0.15) is 6.42 Å². The molecule has 4 amide bonds. The minimum absolute atomic E-state index is 0.107. The molecular formula is C13H24N4O4. The molecule has 0 spiro atoms. The maximum Gasteiger partial charge on any atom is 0.229 e. The smallest absolute Gasteiger partial charge is 0.229 e. The van der Waals surface area contributed by atoms with E-state index in [1.807, 2.05) is 6.92 Å². The topological polar surface area (TPSA) is 116 Å². The molecule has 8 heteroatoms. The first-order valence-electron chi connectivity index (χ1n) is 7.00.